The summed E-state index contributed by atoms with van der Waals surface area (Å²) in [6.45, 7) is 0. The zero-order chi connectivity index (χ0) is 42.9. The van der Waals surface area contributed by atoms with E-state index in [1.807, 2.05) is 75.8 Å². The van der Waals surface area contributed by atoms with Crippen LogP contribution in [0.4, 0.5) is 0 Å². The van der Waals surface area contributed by atoms with Crippen LogP contribution in [0.2, 0.25) is 0 Å². The van der Waals surface area contributed by atoms with Crippen molar-refractivity contribution in [2.24, 2.45) is 0 Å². The molecule has 5 heterocycles. The Kier molecular flexibility index (Phi) is 7.28. The van der Waals surface area contributed by atoms with Gasteiger partial charge in [-0.05, 0) is 113 Å². The highest BCUT2D eigenvalue weighted by Crippen LogP contribution is 2.39. The minimum Gasteiger partial charge on any atom is -0.309 e. The van der Waals surface area contributed by atoms with Crippen molar-refractivity contribution in [1.29, 1.82) is 0 Å². The highest BCUT2D eigenvalue weighted by Gasteiger charge is 2.25. The number of hydrogen-bond donors (Lipinski definition) is 0. The normalized spacial score (nSPS) is 12.1. The second-order valence-electron chi connectivity index (χ2n) is 16.9. The maximum Gasteiger partial charge on any atom is 0.299 e. The van der Waals surface area contributed by atoms with Gasteiger partial charge in [0.15, 0.2) is 0 Å². The average Bonchev–Trinajstić information content (AvgIpc) is 4.14. The average molecular weight is 834 g/mol. The second-order valence-corrected chi connectivity index (χ2v) is 16.9. The predicted molar refractivity (Wildman–Crippen MR) is 266 cm³/mol. The van der Waals surface area contributed by atoms with Crippen LogP contribution >= 0.6 is 0 Å². The molecule has 0 bridgehead atoms. The van der Waals surface area contributed by atoms with Gasteiger partial charge < -0.3 is 13.7 Å². The van der Waals surface area contributed by atoms with E-state index in [4.69, 9.17) is 0 Å². The van der Waals surface area contributed by atoms with Crippen LogP contribution < -0.4 is 11.1 Å². The predicted octanol–water partition coefficient (Wildman–Crippen LogP) is 13.0. The van der Waals surface area contributed by atoms with Crippen molar-refractivity contribution in [2.75, 3.05) is 0 Å². The van der Waals surface area contributed by atoms with Gasteiger partial charge in [-0.2, -0.15) is 4.52 Å². The highest BCUT2D eigenvalue weighted by atomic mass is 16.2. The molecule has 9 aromatic carbocycles. The van der Waals surface area contributed by atoms with Crippen LogP contribution in [0.5, 0.6) is 0 Å². The summed E-state index contributed by atoms with van der Waals surface area (Å²) >= 11 is 0. The Morgan fingerprint density at radius 3 is 1.34 bits per heavy atom. The second kappa shape index (κ2) is 13.3. The largest absolute Gasteiger partial charge is 0.309 e. The van der Waals surface area contributed by atoms with Crippen molar-refractivity contribution >= 4 is 76.5 Å². The van der Waals surface area contributed by atoms with Crippen LogP contribution in [-0.4, -0.2) is 22.7 Å². The molecule has 0 fully saturated rings. The molecular weight excluding hydrogens is 799 g/mol. The molecule has 0 N–H and O–H groups in total. The highest BCUT2D eigenvalue weighted by molar-refractivity contribution is 6.13. The summed E-state index contributed by atoms with van der Waals surface area (Å²) in [4.78, 5) is 28.4. The van der Waals surface area contributed by atoms with Gasteiger partial charge in [0.2, 0.25) is 0 Å². The molecule has 0 radical (unpaired) electrons. The van der Waals surface area contributed by atoms with E-state index < -0.39 is 0 Å². The Hall–Kier alpha value is -8.94. The van der Waals surface area contributed by atoms with Crippen LogP contribution in [0.15, 0.2) is 222 Å². The van der Waals surface area contributed by atoms with Gasteiger partial charge in [0.05, 0.1) is 38.5 Å². The minimum atomic E-state index is -0.337. The van der Waals surface area contributed by atoms with Crippen LogP contribution in [-0.2, 0) is 0 Å². The molecule has 0 spiro atoms. The van der Waals surface area contributed by atoms with E-state index in [0.29, 0.717) is 16.4 Å². The zero-order valence-electron chi connectivity index (χ0n) is 34.8. The van der Waals surface area contributed by atoms with Gasteiger partial charge in [0.25, 0.3) is 11.1 Å². The lowest BCUT2D eigenvalue weighted by Crippen LogP contribution is -2.22. The van der Waals surface area contributed by atoms with E-state index in [9.17, 15) is 9.59 Å². The van der Waals surface area contributed by atoms with Crippen LogP contribution in [0.25, 0.3) is 116 Å². The number of hydrogen-bond acceptors (Lipinski definition) is 2. The van der Waals surface area contributed by atoms with Gasteiger partial charge in [0, 0.05) is 44.0 Å². The first-order valence-corrected chi connectivity index (χ1v) is 21.9. The van der Waals surface area contributed by atoms with Crippen molar-refractivity contribution in [3.8, 4) is 39.3 Å². The van der Waals surface area contributed by atoms with E-state index in [2.05, 4.69) is 155 Å². The quantitative estimate of drug-likeness (QED) is 0.173. The zero-order valence-corrected chi connectivity index (χ0v) is 34.8. The summed E-state index contributed by atoms with van der Waals surface area (Å²) in [6, 6.07) is 73.9. The molecule has 7 nitrogen and oxygen atoms in total. The molecule has 0 atom stereocenters. The van der Waals surface area contributed by atoms with E-state index in [1.54, 1.807) is 0 Å². The molecule has 0 aliphatic heterocycles. The molecule has 0 amide bonds. The molecule has 14 aromatic rings. The third-order valence-electron chi connectivity index (χ3n) is 13.4. The maximum absolute atomic E-state index is 14.4. The third kappa shape index (κ3) is 4.94. The van der Waals surface area contributed by atoms with Gasteiger partial charge in [0.1, 0.15) is 11.0 Å². The van der Waals surface area contributed by atoms with Crippen molar-refractivity contribution in [2.45, 2.75) is 0 Å². The summed E-state index contributed by atoms with van der Waals surface area (Å²) in [5, 5.41) is 6.21. The van der Waals surface area contributed by atoms with Crippen molar-refractivity contribution < 1.29 is 0 Å². The number of para-hydroxylation sites is 5. The number of benzene rings is 9. The molecular formula is C58H35N5O2. The molecule has 5 aromatic heterocycles. The fourth-order valence-electron chi connectivity index (χ4n) is 10.6. The number of nitrogens with zero attached hydrogens (tertiary/aromatic N) is 5. The first-order valence-electron chi connectivity index (χ1n) is 21.9. The maximum atomic E-state index is 14.4. The Balaban J connectivity index is 0.916. The van der Waals surface area contributed by atoms with Crippen LogP contribution in [0.3, 0.4) is 0 Å². The molecule has 0 saturated carbocycles. The molecule has 0 unspecified atom stereocenters. The smallest absolute Gasteiger partial charge is 0.299 e. The van der Waals surface area contributed by atoms with Crippen LogP contribution in [0.1, 0.15) is 0 Å². The molecule has 7 heteroatoms. The first kappa shape index (κ1) is 35.6. The van der Waals surface area contributed by atoms with E-state index in [1.165, 1.54) is 42.7 Å². The third-order valence-corrected chi connectivity index (χ3v) is 13.4. The number of aromatic nitrogens is 5. The molecule has 14 rings (SSSR count). The number of rotatable bonds is 5. The van der Waals surface area contributed by atoms with Crippen molar-refractivity contribution in [3.63, 3.8) is 0 Å². The lowest BCUT2D eigenvalue weighted by atomic mass is 10.0. The van der Waals surface area contributed by atoms with Crippen molar-refractivity contribution in [3.05, 3.63) is 233 Å². The van der Waals surface area contributed by atoms with Gasteiger partial charge >= 0.3 is 0 Å². The minimum absolute atomic E-state index is 0.325. The standard InChI is InChI=1S/C58H35N5O2/c64-57-46-29-26-39(35-54(46)62-55-45-22-9-12-25-51(45)61(41-17-5-2-6-18-41)56(55)58(65)63(57)62)36-14-13-19-42(32-36)60-50-24-11-8-21-44(50)48-34-38(28-31-53(48)60)37-27-30-52-47(33-37)43-20-7-10-23-49(43)59(52)40-15-3-1-4-16-40/h1-35H. The summed E-state index contributed by atoms with van der Waals surface area (Å²) in [7, 11) is 0. The van der Waals surface area contributed by atoms with E-state index >= 15 is 0 Å². The monoisotopic (exact) mass is 833 g/mol. The van der Waals surface area contributed by atoms with Gasteiger partial charge in [-0.3, -0.25) is 9.59 Å². The first-order chi connectivity index (χ1) is 32.1. The summed E-state index contributed by atoms with van der Waals surface area (Å²) in [6.07, 6.45) is 0. The fourth-order valence-corrected chi connectivity index (χ4v) is 10.6. The molecule has 0 aliphatic rings. The molecule has 0 saturated heterocycles. The Bertz CT molecular complexity index is 4400. The fraction of sp³-hybridized carbons (Fsp3) is 0. The van der Waals surface area contributed by atoms with Gasteiger partial charge in [-0.25, -0.2) is 4.52 Å². The van der Waals surface area contributed by atoms with Crippen LogP contribution in [0, 0.1) is 0 Å². The Morgan fingerprint density at radius 1 is 0.246 bits per heavy atom. The molecule has 65 heavy (non-hydrogen) atoms. The van der Waals surface area contributed by atoms with Crippen molar-refractivity contribution in [1.82, 2.24) is 22.7 Å². The van der Waals surface area contributed by atoms with E-state index in [0.717, 1.165) is 61.2 Å². The van der Waals surface area contributed by atoms with E-state index in [-0.39, 0.29) is 11.1 Å². The van der Waals surface area contributed by atoms with Gasteiger partial charge in [-0.1, -0.05) is 121 Å². The topological polar surface area (TPSA) is 57.8 Å². The summed E-state index contributed by atoms with van der Waals surface area (Å²) < 4.78 is 9.80. The Morgan fingerprint density at radius 2 is 0.708 bits per heavy atom. The summed E-state index contributed by atoms with van der Waals surface area (Å²) in [5.74, 6) is 0. The summed E-state index contributed by atoms with van der Waals surface area (Å²) in [5.41, 5.74) is 14.0. The Labute approximate surface area is 370 Å². The molecule has 304 valence electrons. The number of fused-ring (bicyclic) bond motifs is 13. The van der Waals surface area contributed by atoms with Gasteiger partial charge in [-0.15, -0.1) is 0 Å². The SMILES string of the molecule is O=c1c2ccc(-c3cccc(-n4c5ccccc5c5cc(-c6ccc7c(c6)c6ccccc6n7-c6ccccc6)ccc54)c3)cc2n2c3c4ccccc4n(-c4ccccc4)c3c(=O)n12. The molecule has 0 aliphatic carbocycles. The lowest BCUT2D eigenvalue weighted by molar-refractivity contribution is 0.840. The lowest BCUT2D eigenvalue weighted by Gasteiger charge is -2.11.